The molecule has 0 bridgehead atoms. The van der Waals surface area contributed by atoms with Crippen molar-refractivity contribution in [1.82, 2.24) is 14.9 Å². The molecule has 5 nitrogen and oxygen atoms in total. The normalized spacial score (nSPS) is 16.5. The Bertz CT molecular complexity index is 917. The third kappa shape index (κ3) is 2.85. The molecule has 130 valence electrons. The molecule has 0 radical (unpaired) electrons. The minimum Gasteiger partial charge on any atom is -0.496 e. The van der Waals surface area contributed by atoms with Crippen LogP contribution in [0.3, 0.4) is 0 Å². The molecule has 0 fully saturated rings. The van der Waals surface area contributed by atoms with Gasteiger partial charge >= 0.3 is 0 Å². The van der Waals surface area contributed by atoms with Crippen molar-refractivity contribution < 1.29 is 9.47 Å². The van der Waals surface area contributed by atoms with E-state index in [9.17, 15) is 0 Å². The van der Waals surface area contributed by atoms with Crippen LogP contribution in [0, 0.1) is 6.92 Å². The molecule has 3 aromatic rings. The van der Waals surface area contributed by atoms with Gasteiger partial charge in [0.2, 0.25) is 0 Å². The first-order chi connectivity index (χ1) is 12.2. The Morgan fingerprint density at radius 2 is 2.20 bits per heavy atom. The number of methoxy groups -OCH3 is 1. The molecule has 1 N–H and O–H groups in total. The average Bonchev–Trinajstić information content (AvgIpc) is 3.01. The third-order valence-electron chi connectivity index (χ3n) is 4.95. The number of nitrogens with one attached hydrogen (secondary N) is 1. The highest BCUT2D eigenvalue weighted by molar-refractivity contribution is 5.79. The Morgan fingerprint density at radius 1 is 1.32 bits per heavy atom. The van der Waals surface area contributed by atoms with Crippen LogP contribution in [0.2, 0.25) is 0 Å². The molecule has 0 spiro atoms. The maximum atomic E-state index is 5.89. The van der Waals surface area contributed by atoms with Gasteiger partial charge in [-0.25, -0.2) is 4.98 Å². The number of rotatable bonds is 4. The maximum absolute atomic E-state index is 5.89. The molecular weight excluding hydrogens is 314 g/mol. The van der Waals surface area contributed by atoms with Crippen LogP contribution in [-0.2, 0) is 6.54 Å². The van der Waals surface area contributed by atoms with Crippen LogP contribution < -0.4 is 14.8 Å². The van der Waals surface area contributed by atoms with Gasteiger partial charge in [0, 0.05) is 30.6 Å². The molecule has 4 rings (SSSR count). The van der Waals surface area contributed by atoms with Crippen LogP contribution >= 0.6 is 0 Å². The number of benzene rings is 2. The zero-order valence-electron chi connectivity index (χ0n) is 14.9. The predicted octanol–water partition coefficient (Wildman–Crippen LogP) is 3.44. The van der Waals surface area contributed by atoms with Crippen molar-refractivity contribution in [2.75, 3.05) is 20.8 Å². The molecule has 0 saturated carbocycles. The van der Waals surface area contributed by atoms with Crippen LogP contribution in [0.4, 0.5) is 0 Å². The second-order valence-corrected chi connectivity index (χ2v) is 6.53. The zero-order chi connectivity index (χ0) is 17.4. The summed E-state index contributed by atoms with van der Waals surface area (Å²) in [5, 5.41) is 3.36. The van der Waals surface area contributed by atoms with Crippen LogP contribution in [0.5, 0.6) is 11.5 Å². The van der Waals surface area contributed by atoms with Gasteiger partial charge in [0.1, 0.15) is 11.5 Å². The van der Waals surface area contributed by atoms with Gasteiger partial charge in [0.15, 0.2) is 0 Å². The van der Waals surface area contributed by atoms with E-state index in [1.807, 2.05) is 19.4 Å². The molecule has 5 heteroatoms. The SMILES string of the molecule is CNC1CCOc2cc3c(cc21)ncn3Cc1ccc(OC)c(C)c1. The number of imidazole rings is 1. The Balaban J connectivity index is 1.70. The van der Waals surface area contributed by atoms with E-state index < -0.39 is 0 Å². The zero-order valence-corrected chi connectivity index (χ0v) is 14.9. The van der Waals surface area contributed by atoms with Gasteiger partial charge in [0.05, 0.1) is 31.1 Å². The minimum absolute atomic E-state index is 0.336. The lowest BCUT2D eigenvalue weighted by Crippen LogP contribution is -2.24. The topological polar surface area (TPSA) is 48.3 Å². The van der Waals surface area contributed by atoms with Crippen molar-refractivity contribution in [3.63, 3.8) is 0 Å². The molecule has 0 aliphatic carbocycles. The highest BCUT2D eigenvalue weighted by Gasteiger charge is 2.22. The summed E-state index contributed by atoms with van der Waals surface area (Å²) in [6.45, 7) is 3.59. The van der Waals surface area contributed by atoms with E-state index in [1.54, 1.807) is 7.11 Å². The van der Waals surface area contributed by atoms with Crippen LogP contribution in [0.1, 0.15) is 29.2 Å². The summed E-state index contributed by atoms with van der Waals surface area (Å²) in [5.41, 5.74) is 5.68. The number of fused-ring (bicyclic) bond motifs is 2. The fraction of sp³-hybridized carbons (Fsp3) is 0.350. The number of nitrogens with zero attached hydrogens (tertiary/aromatic N) is 2. The first-order valence-electron chi connectivity index (χ1n) is 8.62. The molecule has 25 heavy (non-hydrogen) atoms. The summed E-state index contributed by atoms with van der Waals surface area (Å²) in [7, 11) is 3.70. The summed E-state index contributed by atoms with van der Waals surface area (Å²) in [6, 6.07) is 10.9. The lowest BCUT2D eigenvalue weighted by Gasteiger charge is -2.25. The molecule has 1 atom stereocenters. The number of aromatic nitrogens is 2. The van der Waals surface area contributed by atoms with Crippen LogP contribution in [0.15, 0.2) is 36.7 Å². The van der Waals surface area contributed by atoms with Gasteiger partial charge in [-0.2, -0.15) is 0 Å². The first-order valence-corrected chi connectivity index (χ1v) is 8.62. The molecule has 2 aromatic carbocycles. The van der Waals surface area contributed by atoms with E-state index >= 15 is 0 Å². The van der Waals surface area contributed by atoms with E-state index in [4.69, 9.17) is 9.47 Å². The lowest BCUT2D eigenvalue weighted by molar-refractivity contribution is 0.258. The van der Waals surface area contributed by atoms with E-state index in [0.29, 0.717) is 6.04 Å². The summed E-state index contributed by atoms with van der Waals surface area (Å²) in [4.78, 5) is 4.60. The van der Waals surface area contributed by atoms with Crippen molar-refractivity contribution in [2.45, 2.75) is 25.9 Å². The Kier molecular flexibility index (Phi) is 4.09. The molecule has 0 amide bonds. The highest BCUT2D eigenvalue weighted by Crippen LogP contribution is 2.35. The summed E-state index contributed by atoms with van der Waals surface area (Å²) < 4.78 is 13.4. The van der Waals surface area contributed by atoms with E-state index in [0.717, 1.165) is 47.7 Å². The van der Waals surface area contributed by atoms with E-state index in [2.05, 4.69) is 46.1 Å². The largest absolute Gasteiger partial charge is 0.496 e. The van der Waals surface area contributed by atoms with Gasteiger partial charge in [-0.1, -0.05) is 12.1 Å². The standard InChI is InChI=1S/C20H23N3O2/c1-13-8-14(4-5-19(13)24-3)11-23-12-22-17-9-15-16(21-2)6-7-25-20(15)10-18(17)23/h4-5,8-10,12,16,21H,6-7,11H2,1-3H3. The van der Waals surface area contributed by atoms with Crippen LogP contribution in [0.25, 0.3) is 11.0 Å². The van der Waals surface area contributed by atoms with Crippen LogP contribution in [-0.4, -0.2) is 30.3 Å². The number of hydrogen-bond acceptors (Lipinski definition) is 4. The molecule has 1 aliphatic rings. The average molecular weight is 337 g/mol. The second kappa shape index (κ2) is 6.41. The highest BCUT2D eigenvalue weighted by atomic mass is 16.5. The maximum Gasteiger partial charge on any atom is 0.126 e. The van der Waals surface area contributed by atoms with Gasteiger partial charge in [-0.3, -0.25) is 0 Å². The van der Waals surface area contributed by atoms with Gasteiger partial charge < -0.3 is 19.4 Å². The van der Waals surface area contributed by atoms with Gasteiger partial charge in [0.25, 0.3) is 0 Å². The Hall–Kier alpha value is -2.53. The van der Waals surface area contributed by atoms with Gasteiger partial charge in [-0.15, -0.1) is 0 Å². The summed E-state index contributed by atoms with van der Waals surface area (Å²) in [5.74, 6) is 1.88. The Morgan fingerprint density at radius 3 is 2.96 bits per heavy atom. The summed E-state index contributed by atoms with van der Waals surface area (Å²) in [6.07, 6.45) is 2.89. The molecular formula is C20H23N3O2. The number of ether oxygens (including phenoxy) is 2. The van der Waals surface area contributed by atoms with Crippen molar-refractivity contribution in [1.29, 1.82) is 0 Å². The first kappa shape index (κ1) is 16.0. The molecule has 1 unspecified atom stereocenters. The number of aryl methyl sites for hydroxylation is 1. The van der Waals surface area contributed by atoms with Crippen molar-refractivity contribution in [3.8, 4) is 11.5 Å². The summed E-state index contributed by atoms with van der Waals surface area (Å²) >= 11 is 0. The molecule has 0 saturated heterocycles. The fourth-order valence-corrected chi connectivity index (χ4v) is 3.60. The van der Waals surface area contributed by atoms with E-state index in [-0.39, 0.29) is 0 Å². The quantitative estimate of drug-likeness (QED) is 0.792. The molecule has 1 aromatic heterocycles. The predicted molar refractivity (Wildman–Crippen MR) is 98.5 cm³/mol. The van der Waals surface area contributed by atoms with Crippen molar-refractivity contribution in [3.05, 3.63) is 53.3 Å². The fourth-order valence-electron chi connectivity index (χ4n) is 3.60. The van der Waals surface area contributed by atoms with Crippen molar-refractivity contribution >= 4 is 11.0 Å². The Labute approximate surface area is 147 Å². The second-order valence-electron chi connectivity index (χ2n) is 6.53. The smallest absolute Gasteiger partial charge is 0.126 e. The van der Waals surface area contributed by atoms with E-state index in [1.165, 1.54) is 11.1 Å². The third-order valence-corrected chi connectivity index (χ3v) is 4.95. The number of hydrogen-bond donors (Lipinski definition) is 1. The minimum atomic E-state index is 0.336. The molecule has 2 heterocycles. The van der Waals surface area contributed by atoms with Gasteiger partial charge in [-0.05, 0) is 37.2 Å². The lowest BCUT2D eigenvalue weighted by atomic mass is 10.00. The monoisotopic (exact) mass is 337 g/mol. The molecule has 1 aliphatic heterocycles. The van der Waals surface area contributed by atoms with Crippen molar-refractivity contribution in [2.24, 2.45) is 0 Å².